The molecule has 2 atom stereocenters. The first-order valence-corrected chi connectivity index (χ1v) is 22.7. The Morgan fingerprint density at radius 1 is 0.600 bits per heavy atom. The van der Waals surface area contributed by atoms with Crippen molar-refractivity contribution in [3.05, 3.63) is 12.3 Å². The molecule has 0 aliphatic heterocycles. The number of phosphoric ester groups is 1. The van der Waals surface area contributed by atoms with Gasteiger partial charge in [-0.05, 0) is 25.3 Å². The standard InChI is InChI=1S/C41H82NO7P/c1-3-5-7-9-11-13-15-17-19-21-23-25-27-29-31-33-36-46-40(39-49-50(44,45)48-37-35-42)38-47-41(43)34-32-30-28-26-24-22-20-18-16-14-12-10-8-6-4-2/h33,36,40H,3-32,34-35,37-39,42H2,1-2H3,(H,44,45). The Balaban J connectivity index is 4.05. The number of ether oxygens (including phenoxy) is 2. The van der Waals surface area contributed by atoms with Gasteiger partial charge < -0.3 is 20.1 Å². The molecule has 8 nitrogen and oxygen atoms in total. The van der Waals surface area contributed by atoms with Crippen LogP contribution in [0.25, 0.3) is 0 Å². The van der Waals surface area contributed by atoms with Crippen molar-refractivity contribution in [1.82, 2.24) is 0 Å². The third kappa shape index (κ3) is 38.3. The average molecular weight is 732 g/mol. The van der Waals surface area contributed by atoms with Crippen LogP contribution >= 0.6 is 7.82 Å². The zero-order chi connectivity index (χ0) is 36.6. The summed E-state index contributed by atoms with van der Waals surface area (Å²) in [5.74, 6) is -0.286. The van der Waals surface area contributed by atoms with Crippen molar-refractivity contribution in [2.24, 2.45) is 5.73 Å². The molecule has 0 bridgehead atoms. The van der Waals surface area contributed by atoms with E-state index in [0.29, 0.717) is 6.42 Å². The highest BCUT2D eigenvalue weighted by atomic mass is 31.2. The van der Waals surface area contributed by atoms with E-state index in [1.807, 2.05) is 6.08 Å². The molecule has 0 radical (unpaired) electrons. The van der Waals surface area contributed by atoms with Gasteiger partial charge in [-0.1, -0.05) is 187 Å². The smallest absolute Gasteiger partial charge is 0.472 e. The van der Waals surface area contributed by atoms with Gasteiger partial charge in [0.15, 0.2) is 6.10 Å². The molecule has 0 amide bonds. The molecule has 3 N–H and O–H groups in total. The van der Waals surface area contributed by atoms with E-state index in [2.05, 4.69) is 13.8 Å². The summed E-state index contributed by atoms with van der Waals surface area (Å²) in [5, 5.41) is 0. The number of hydrogen-bond donors (Lipinski definition) is 2. The number of carbonyl (C=O) groups is 1. The number of nitrogens with two attached hydrogens (primary N) is 1. The summed E-state index contributed by atoms with van der Waals surface area (Å²) >= 11 is 0. The van der Waals surface area contributed by atoms with Crippen LogP contribution in [0.4, 0.5) is 0 Å². The maximum absolute atomic E-state index is 12.4. The molecule has 0 spiro atoms. The maximum atomic E-state index is 12.4. The van der Waals surface area contributed by atoms with Gasteiger partial charge in [-0.2, -0.15) is 0 Å². The second kappa shape index (κ2) is 39.3. The second-order valence-electron chi connectivity index (χ2n) is 14.3. The van der Waals surface area contributed by atoms with Crippen molar-refractivity contribution in [1.29, 1.82) is 0 Å². The molecule has 0 fully saturated rings. The average Bonchev–Trinajstić information content (AvgIpc) is 3.11. The lowest BCUT2D eigenvalue weighted by molar-refractivity contribution is -0.147. The lowest BCUT2D eigenvalue weighted by atomic mass is 10.0. The number of esters is 1. The van der Waals surface area contributed by atoms with E-state index in [9.17, 15) is 14.3 Å². The van der Waals surface area contributed by atoms with E-state index in [-0.39, 0.29) is 32.3 Å². The molecule has 298 valence electrons. The topological polar surface area (TPSA) is 117 Å². The summed E-state index contributed by atoms with van der Waals surface area (Å²) in [6, 6.07) is 0. The first kappa shape index (κ1) is 49.1. The Morgan fingerprint density at radius 3 is 1.42 bits per heavy atom. The third-order valence-corrected chi connectivity index (χ3v) is 10.3. The van der Waals surface area contributed by atoms with Crippen LogP contribution in [0.3, 0.4) is 0 Å². The van der Waals surface area contributed by atoms with E-state index in [0.717, 1.165) is 32.1 Å². The zero-order valence-electron chi connectivity index (χ0n) is 32.9. The van der Waals surface area contributed by atoms with Crippen molar-refractivity contribution >= 4 is 13.8 Å². The van der Waals surface area contributed by atoms with Crippen LogP contribution in [0.1, 0.15) is 213 Å². The highest BCUT2D eigenvalue weighted by molar-refractivity contribution is 7.47. The van der Waals surface area contributed by atoms with E-state index in [4.69, 9.17) is 24.3 Å². The summed E-state index contributed by atoms with van der Waals surface area (Å²) in [7, 11) is -4.26. The zero-order valence-corrected chi connectivity index (χ0v) is 33.8. The van der Waals surface area contributed by atoms with Gasteiger partial charge in [0.05, 0.1) is 19.5 Å². The van der Waals surface area contributed by atoms with Crippen molar-refractivity contribution < 1.29 is 32.8 Å². The molecule has 0 aromatic carbocycles. The summed E-state index contributed by atoms with van der Waals surface area (Å²) in [6.45, 7) is 4.25. The monoisotopic (exact) mass is 732 g/mol. The summed E-state index contributed by atoms with van der Waals surface area (Å²) in [5.41, 5.74) is 5.36. The Morgan fingerprint density at radius 2 is 1.00 bits per heavy atom. The summed E-state index contributed by atoms with van der Waals surface area (Å²) in [6.07, 6.45) is 41.8. The highest BCUT2D eigenvalue weighted by Crippen LogP contribution is 2.43. The van der Waals surface area contributed by atoms with E-state index in [1.54, 1.807) is 6.26 Å². The van der Waals surface area contributed by atoms with E-state index in [1.165, 1.54) is 161 Å². The Kier molecular flexibility index (Phi) is 38.6. The summed E-state index contributed by atoms with van der Waals surface area (Å²) in [4.78, 5) is 22.2. The second-order valence-corrected chi connectivity index (χ2v) is 15.7. The number of allylic oxidation sites excluding steroid dienone is 1. The molecule has 0 aromatic heterocycles. The van der Waals surface area contributed by atoms with Gasteiger partial charge in [-0.3, -0.25) is 13.8 Å². The molecule has 9 heteroatoms. The van der Waals surface area contributed by atoms with Crippen LogP contribution in [0, 0.1) is 0 Å². The summed E-state index contributed by atoms with van der Waals surface area (Å²) < 4.78 is 33.2. The number of unbranched alkanes of at least 4 members (excludes halogenated alkanes) is 28. The molecule has 50 heavy (non-hydrogen) atoms. The van der Waals surface area contributed by atoms with Crippen molar-refractivity contribution in [3.63, 3.8) is 0 Å². The Labute approximate surface area is 309 Å². The van der Waals surface area contributed by atoms with Crippen LogP contribution in [0.15, 0.2) is 12.3 Å². The van der Waals surface area contributed by atoms with Crippen molar-refractivity contribution in [2.45, 2.75) is 219 Å². The molecular formula is C41H82NO7P. The number of carbonyl (C=O) groups excluding carboxylic acids is 1. The first-order valence-electron chi connectivity index (χ1n) is 21.2. The molecule has 2 unspecified atom stereocenters. The van der Waals surface area contributed by atoms with E-state index < -0.39 is 13.9 Å². The van der Waals surface area contributed by atoms with Crippen molar-refractivity contribution in [2.75, 3.05) is 26.4 Å². The molecular weight excluding hydrogens is 649 g/mol. The van der Waals surface area contributed by atoms with Crippen LogP contribution in [0.5, 0.6) is 0 Å². The number of phosphoric acid groups is 1. The Bertz CT molecular complexity index is 782. The van der Waals surface area contributed by atoms with Gasteiger partial charge in [-0.25, -0.2) is 4.57 Å². The SMILES string of the molecule is CCCCCCCCCCCCCCCCC=COC(COC(=O)CCCCCCCCCCCCCCCCC)COP(=O)(O)OCCN. The molecule has 0 aliphatic rings. The van der Waals surface area contributed by atoms with Gasteiger partial charge >= 0.3 is 13.8 Å². The van der Waals surface area contributed by atoms with Crippen LogP contribution in [-0.2, 0) is 27.9 Å². The van der Waals surface area contributed by atoms with Crippen LogP contribution in [-0.4, -0.2) is 43.3 Å². The Hall–Kier alpha value is -0.920. The fraction of sp³-hybridized carbons (Fsp3) is 0.927. The molecule has 0 aliphatic carbocycles. The fourth-order valence-corrected chi connectivity index (χ4v) is 6.86. The van der Waals surface area contributed by atoms with Gasteiger partial charge in [0.2, 0.25) is 0 Å². The highest BCUT2D eigenvalue weighted by Gasteiger charge is 2.24. The quantitative estimate of drug-likeness (QED) is 0.0276. The molecule has 0 saturated carbocycles. The minimum absolute atomic E-state index is 0.0579. The maximum Gasteiger partial charge on any atom is 0.472 e. The van der Waals surface area contributed by atoms with Gasteiger partial charge in [0.25, 0.3) is 0 Å². The van der Waals surface area contributed by atoms with Crippen molar-refractivity contribution in [3.8, 4) is 0 Å². The number of rotatable bonds is 41. The fourth-order valence-electron chi connectivity index (χ4n) is 6.10. The van der Waals surface area contributed by atoms with Gasteiger partial charge in [0.1, 0.15) is 6.61 Å². The largest absolute Gasteiger partial charge is 0.492 e. The van der Waals surface area contributed by atoms with E-state index >= 15 is 0 Å². The lowest BCUT2D eigenvalue weighted by Gasteiger charge is -2.19. The van der Waals surface area contributed by atoms with Gasteiger partial charge in [-0.15, -0.1) is 0 Å². The minimum Gasteiger partial charge on any atom is -0.492 e. The number of hydrogen-bond acceptors (Lipinski definition) is 7. The van der Waals surface area contributed by atoms with Crippen LogP contribution in [0.2, 0.25) is 0 Å². The van der Waals surface area contributed by atoms with Gasteiger partial charge in [0, 0.05) is 13.0 Å². The lowest BCUT2D eigenvalue weighted by Crippen LogP contribution is -2.25. The third-order valence-electron chi connectivity index (χ3n) is 9.30. The molecule has 0 aromatic rings. The minimum atomic E-state index is -4.26. The molecule has 0 rings (SSSR count). The predicted octanol–water partition coefficient (Wildman–Crippen LogP) is 12.7. The predicted molar refractivity (Wildman–Crippen MR) is 210 cm³/mol. The normalized spacial score (nSPS) is 13.5. The molecule has 0 heterocycles. The first-order chi connectivity index (χ1) is 24.4. The van der Waals surface area contributed by atoms with Crippen LogP contribution < -0.4 is 5.73 Å². The molecule has 0 saturated heterocycles.